The highest BCUT2D eigenvalue weighted by molar-refractivity contribution is 7.94. The number of sulfone groups is 1. The smallest absolute Gasteiger partial charge is 0.298 e. The summed E-state index contributed by atoms with van der Waals surface area (Å²) in [6, 6.07) is 30.7. The zero-order valence-corrected chi connectivity index (χ0v) is 27.9. The molecule has 0 amide bonds. The van der Waals surface area contributed by atoms with Gasteiger partial charge in [0.2, 0.25) is 9.84 Å². The van der Waals surface area contributed by atoms with Crippen LogP contribution in [0, 0.1) is 6.92 Å². The van der Waals surface area contributed by atoms with E-state index in [9.17, 15) is 21.4 Å². The standard InChI is InChI=1S/C35H28O10S3/c1-3-42-29-11-9-25-16-23(5-7-27(25)18-29)24-6-8-28-19-30(12-10-26(28)17-24)43-33-15-14-32(21-35(33)48(39,40)41)47(37,38)31-13-4-22(2)34(20-31)46-45-44-36/h4-21,36H,3H2,1-2H3,(H,39,40,41). The second kappa shape index (κ2) is 13.6. The van der Waals surface area contributed by atoms with Gasteiger partial charge in [0.05, 0.1) is 28.4 Å². The molecule has 6 rings (SSSR count). The van der Waals surface area contributed by atoms with Crippen LogP contribution in [0.4, 0.5) is 0 Å². The Morgan fingerprint density at radius 1 is 0.667 bits per heavy atom. The molecule has 0 aliphatic heterocycles. The number of ether oxygens (including phenoxy) is 2. The van der Waals surface area contributed by atoms with E-state index in [1.165, 1.54) is 30.3 Å². The average molecular weight is 705 g/mol. The lowest BCUT2D eigenvalue weighted by molar-refractivity contribution is -0.432. The molecule has 13 heteroatoms. The van der Waals surface area contributed by atoms with Crippen LogP contribution in [0.5, 0.6) is 17.2 Å². The Kier molecular flexibility index (Phi) is 9.45. The van der Waals surface area contributed by atoms with Crippen LogP contribution in [0.1, 0.15) is 12.5 Å². The number of aryl methyl sites for hydroxylation is 1. The fourth-order valence-electron chi connectivity index (χ4n) is 5.22. The zero-order chi connectivity index (χ0) is 34.1. The van der Waals surface area contributed by atoms with Gasteiger partial charge in [0.15, 0.2) is 0 Å². The maximum Gasteiger partial charge on any atom is 0.298 e. The van der Waals surface area contributed by atoms with E-state index in [-0.39, 0.29) is 16.4 Å². The Hall–Kier alpha value is -4.47. The van der Waals surface area contributed by atoms with E-state index >= 15 is 0 Å². The molecular weight excluding hydrogens is 677 g/mol. The summed E-state index contributed by atoms with van der Waals surface area (Å²) < 4.78 is 77.7. The molecule has 48 heavy (non-hydrogen) atoms. The first kappa shape index (κ1) is 33.4. The third kappa shape index (κ3) is 7.03. The highest BCUT2D eigenvalue weighted by Crippen LogP contribution is 2.36. The van der Waals surface area contributed by atoms with Gasteiger partial charge >= 0.3 is 0 Å². The zero-order valence-electron chi connectivity index (χ0n) is 25.5. The van der Waals surface area contributed by atoms with Crippen molar-refractivity contribution in [3.63, 3.8) is 0 Å². The van der Waals surface area contributed by atoms with Gasteiger partial charge in [0.25, 0.3) is 10.1 Å². The van der Waals surface area contributed by atoms with Crippen LogP contribution in [0.25, 0.3) is 32.7 Å². The van der Waals surface area contributed by atoms with Crippen LogP contribution in [-0.4, -0.2) is 33.3 Å². The summed E-state index contributed by atoms with van der Waals surface area (Å²) in [5.41, 5.74) is 2.68. The Morgan fingerprint density at radius 2 is 1.23 bits per heavy atom. The lowest BCUT2D eigenvalue weighted by Crippen LogP contribution is -2.07. The van der Waals surface area contributed by atoms with Crippen molar-refractivity contribution in [2.75, 3.05) is 6.61 Å². The van der Waals surface area contributed by atoms with Gasteiger partial charge in [-0.2, -0.15) is 8.42 Å². The van der Waals surface area contributed by atoms with Crippen LogP contribution >= 0.6 is 12.0 Å². The number of hydrogen-bond acceptors (Lipinski definition) is 10. The van der Waals surface area contributed by atoms with Gasteiger partial charge in [-0.1, -0.05) is 47.5 Å². The fraction of sp³-hybridized carbons (Fsp3) is 0.0857. The molecule has 6 aromatic rings. The summed E-state index contributed by atoms with van der Waals surface area (Å²) in [7, 11) is -9.17. The number of hydrogen-bond donors (Lipinski definition) is 2. The molecule has 0 saturated heterocycles. The summed E-state index contributed by atoms with van der Waals surface area (Å²) >= 11 is 0.589. The maximum atomic E-state index is 13.4. The van der Waals surface area contributed by atoms with Crippen LogP contribution in [0.2, 0.25) is 0 Å². The van der Waals surface area contributed by atoms with Crippen molar-refractivity contribution in [1.82, 2.24) is 0 Å². The van der Waals surface area contributed by atoms with Gasteiger partial charge in [-0.3, -0.25) is 4.55 Å². The fourth-order valence-corrected chi connectivity index (χ4v) is 7.80. The van der Waals surface area contributed by atoms with Crippen molar-refractivity contribution in [3.8, 4) is 28.4 Å². The van der Waals surface area contributed by atoms with E-state index in [0.717, 1.165) is 44.5 Å². The van der Waals surface area contributed by atoms with Crippen molar-refractivity contribution < 1.29 is 45.5 Å². The molecule has 0 aliphatic carbocycles. The molecule has 0 heterocycles. The van der Waals surface area contributed by atoms with Gasteiger partial charge in [-0.25, -0.2) is 13.7 Å². The van der Waals surface area contributed by atoms with E-state index in [1.807, 2.05) is 49.4 Å². The lowest BCUT2D eigenvalue weighted by Gasteiger charge is -2.13. The molecule has 0 aromatic heterocycles. The molecule has 10 nitrogen and oxygen atoms in total. The van der Waals surface area contributed by atoms with E-state index in [4.69, 9.17) is 14.7 Å². The summed E-state index contributed by atoms with van der Waals surface area (Å²) in [5, 5.41) is 15.9. The van der Waals surface area contributed by atoms with Gasteiger partial charge in [0, 0.05) is 4.90 Å². The molecule has 0 aliphatic rings. The highest BCUT2D eigenvalue weighted by atomic mass is 32.2. The van der Waals surface area contributed by atoms with Crippen LogP contribution in [-0.2, 0) is 29.3 Å². The quantitative estimate of drug-likeness (QED) is 0.0578. The molecule has 246 valence electrons. The molecule has 0 saturated carbocycles. The topological polar surface area (TPSA) is 146 Å². The minimum atomic E-state index is -4.91. The predicted octanol–water partition coefficient (Wildman–Crippen LogP) is 8.67. The molecule has 0 bridgehead atoms. The van der Waals surface area contributed by atoms with E-state index in [2.05, 4.69) is 27.6 Å². The number of fused-ring (bicyclic) bond motifs is 2. The van der Waals surface area contributed by atoms with E-state index < -0.39 is 29.7 Å². The highest BCUT2D eigenvalue weighted by Gasteiger charge is 2.25. The minimum absolute atomic E-state index is 0.180. The van der Waals surface area contributed by atoms with Gasteiger partial charge < -0.3 is 9.47 Å². The van der Waals surface area contributed by atoms with Crippen LogP contribution in [0.15, 0.2) is 129 Å². The Morgan fingerprint density at radius 3 is 1.85 bits per heavy atom. The van der Waals surface area contributed by atoms with Crippen molar-refractivity contribution in [2.45, 2.75) is 33.4 Å². The Bertz CT molecular complexity index is 2390. The molecular formula is C35H28O10S3. The molecule has 0 spiro atoms. The van der Waals surface area contributed by atoms with Gasteiger partial charge in [0.1, 0.15) is 22.1 Å². The summed E-state index contributed by atoms with van der Waals surface area (Å²) in [6.45, 7) is 4.24. The SMILES string of the molecule is CCOc1ccc2cc(-c3ccc4cc(Oc5ccc(S(=O)(=O)c6ccc(C)c(SOOO)c6)cc5S(=O)(=O)O)ccc4c3)ccc2c1. The molecule has 0 radical (unpaired) electrons. The van der Waals surface area contributed by atoms with Gasteiger partial charge in [-0.15, -0.1) is 4.33 Å². The molecule has 2 N–H and O–H groups in total. The normalized spacial score (nSPS) is 12.0. The molecule has 0 fully saturated rings. The third-order valence-corrected chi connectivity index (χ3v) is 11.0. The molecule has 6 aromatic carbocycles. The summed E-state index contributed by atoms with van der Waals surface area (Å²) in [5.74, 6) is 0.840. The second-order valence-electron chi connectivity index (χ2n) is 10.7. The second-order valence-corrected chi connectivity index (χ2v) is 14.8. The summed E-state index contributed by atoms with van der Waals surface area (Å²) in [4.78, 5) is -0.962. The van der Waals surface area contributed by atoms with Crippen molar-refractivity contribution >= 4 is 53.5 Å². The Labute approximate surface area is 281 Å². The van der Waals surface area contributed by atoms with Crippen LogP contribution in [0.3, 0.4) is 0 Å². The molecule has 0 unspecified atom stereocenters. The predicted molar refractivity (Wildman–Crippen MR) is 182 cm³/mol. The number of rotatable bonds is 11. The van der Waals surface area contributed by atoms with Crippen molar-refractivity contribution in [3.05, 3.63) is 115 Å². The average Bonchev–Trinajstić information content (AvgIpc) is 3.07. The third-order valence-electron chi connectivity index (χ3n) is 7.62. The first-order chi connectivity index (χ1) is 23.0. The van der Waals surface area contributed by atoms with E-state index in [1.54, 1.807) is 19.1 Å². The van der Waals surface area contributed by atoms with E-state index in [0.29, 0.717) is 29.1 Å². The van der Waals surface area contributed by atoms with Crippen LogP contribution < -0.4 is 9.47 Å². The molecule has 0 atom stereocenters. The minimum Gasteiger partial charge on any atom is -0.494 e. The lowest BCUT2D eigenvalue weighted by atomic mass is 9.98. The first-order valence-corrected chi connectivity index (χ1v) is 18.1. The Balaban J connectivity index is 1.28. The maximum absolute atomic E-state index is 13.4. The monoisotopic (exact) mass is 704 g/mol. The number of benzene rings is 6. The van der Waals surface area contributed by atoms with Crippen molar-refractivity contribution in [2.24, 2.45) is 0 Å². The summed E-state index contributed by atoms with van der Waals surface area (Å²) in [6.07, 6.45) is 0. The van der Waals surface area contributed by atoms with Gasteiger partial charge in [-0.05, 0) is 119 Å². The van der Waals surface area contributed by atoms with Crippen molar-refractivity contribution in [1.29, 1.82) is 0 Å². The largest absolute Gasteiger partial charge is 0.494 e. The first-order valence-electron chi connectivity index (χ1n) is 14.5.